The fourth-order valence-electron chi connectivity index (χ4n) is 0.480. The van der Waals surface area contributed by atoms with Crippen molar-refractivity contribution >= 4 is 21.6 Å². The van der Waals surface area contributed by atoms with Gasteiger partial charge >= 0.3 is 0 Å². The van der Waals surface area contributed by atoms with Crippen LogP contribution in [0.15, 0.2) is 0 Å². The molecule has 0 amide bonds. The van der Waals surface area contributed by atoms with Crippen LogP contribution in [0.4, 0.5) is 0 Å². The van der Waals surface area contributed by atoms with E-state index in [1.165, 1.54) is 6.26 Å². The van der Waals surface area contributed by atoms with Crippen molar-refractivity contribution in [2.24, 2.45) is 5.73 Å². The van der Waals surface area contributed by atoms with Crippen LogP contribution in [0.3, 0.4) is 0 Å². The lowest BCUT2D eigenvalue weighted by molar-refractivity contribution is 0.603. The van der Waals surface area contributed by atoms with E-state index in [9.17, 15) is 8.42 Å². The second-order valence-electron chi connectivity index (χ2n) is 2.68. The van der Waals surface area contributed by atoms with E-state index in [4.69, 9.17) is 5.73 Å². The van der Waals surface area contributed by atoms with E-state index in [1.807, 2.05) is 6.92 Å². The number of sulfone groups is 1. The van der Waals surface area contributed by atoms with Crippen molar-refractivity contribution in [1.29, 1.82) is 0 Å². The molecule has 0 bridgehead atoms. The van der Waals surface area contributed by atoms with E-state index < -0.39 is 9.84 Å². The molecule has 68 valence electrons. The quantitative estimate of drug-likeness (QED) is 0.636. The van der Waals surface area contributed by atoms with Gasteiger partial charge in [-0.05, 0) is 6.92 Å². The fraction of sp³-hybridized carbons (Fsp3) is 1.00. The maximum absolute atomic E-state index is 10.6. The highest BCUT2D eigenvalue weighted by atomic mass is 32.2. The molecule has 0 aromatic carbocycles. The van der Waals surface area contributed by atoms with Crippen molar-refractivity contribution in [3.05, 3.63) is 0 Å². The summed E-state index contributed by atoms with van der Waals surface area (Å²) >= 11 is 1.58. The number of thioether (sulfide) groups is 1. The van der Waals surface area contributed by atoms with Crippen molar-refractivity contribution in [3.8, 4) is 0 Å². The van der Waals surface area contributed by atoms with Gasteiger partial charge in [-0.1, -0.05) is 0 Å². The fourth-order valence-corrected chi connectivity index (χ4v) is 2.70. The highest BCUT2D eigenvalue weighted by molar-refractivity contribution is 8.00. The third kappa shape index (κ3) is 10.3. The molecule has 0 spiro atoms. The van der Waals surface area contributed by atoms with Crippen LogP contribution in [-0.2, 0) is 9.84 Å². The summed E-state index contributed by atoms with van der Waals surface area (Å²) in [5, 5.41) is 0. The SMILES string of the molecule is CC(N)CSCCS(C)(=O)=O. The molecule has 0 saturated heterocycles. The lowest BCUT2D eigenvalue weighted by atomic mass is 10.4. The number of rotatable bonds is 5. The second-order valence-corrected chi connectivity index (χ2v) is 6.09. The maximum Gasteiger partial charge on any atom is 0.148 e. The Morgan fingerprint density at radius 3 is 2.45 bits per heavy atom. The largest absolute Gasteiger partial charge is 0.327 e. The molecule has 3 nitrogen and oxygen atoms in total. The zero-order valence-corrected chi connectivity index (χ0v) is 8.54. The molecular formula is C6H15NO2S2. The van der Waals surface area contributed by atoms with Crippen LogP contribution in [0, 0.1) is 0 Å². The van der Waals surface area contributed by atoms with E-state index in [2.05, 4.69) is 0 Å². The molecule has 0 aliphatic heterocycles. The van der Waals surface area contributed by atoms with Gasteiger partial charge in [0.05, 0.1) is 5.75 Å². The van der Waals surface area contributed by atoms with Gasteiger partial charge in [0.15, 0.2) is 0 Å². The Bertz CT molecular complexity index is 187. The molecule has 0 fully saturated rings. The van der Waals surface area contributed by atoms with Crippen molar-refractivity contribution in [3.63, 3.8) is 0 Å². The molecular weight excluding hydrogens is 182 g/mol. The van der Waals surface area contributed by atoms with Crippen molar-refractivity contribution in [2.45, 2.75) is 13.0 Å². The van der Waals surface area contributed by atoms with Crippen LogP contribution >= 0.6 is 11.8 Å². The van der Waals surface area contributed by atoms with Crippen molar-refractivity contribution in [1.82, 2.24) is 0 Å². The van der Waals surface area contributed by atoms with Crippen molar-refractivity contribution < 1.29 is 8.42 Å². The molecule has 11 heavy (non-hydrogen) atoms. The first kappa shape index (κ1) is 11.3. The normalized spacial score (nSPS) is 14.8. The monoisotopic (exact) mass is 197 g/mol. The Labute approximate surface area is 72.7 Å². The van der Waals surface area contributed by atoms with Gasteiger partial charge in [0, 0.05) is 23.8 Å². The Morgan fingerprint density at radius 2 is 2.09 bits per heavy atom. The minimum Gasteiger partial charge on any atom is -0.327 e. The Balaban J connectivity index is 3.30. The van der Waals surface area contributed by atoms with Gasteiger partial charge in [0.1, 0.15) is 9.84 Å². The first-order valence-electron chi connectivity index (χ1n) is 3.43. The van der Waals surface area contributed by atoms with E-state index >= 15 is 0 Å². The van der Waals surface area contributed by atoms with E-state index in [0.29, 0.717) is 5.75 Å². The molecule has 5 heteroatoms. The standard InChI is InChI=1S/C6H15NO2S2/c1-6(7)5-10-3-4-11(2,8)9/h6H,3-5,7H2,1-2H3. The zero-order valence-electron chi connectivity index (χ0n) is 6.91. The number of nitrogens with two attached hydrogens (primary N) is 1. The molecule has 0 aromatic heterocycles. The molecule has 0 saturated carbocycles. The highest BCUT2D eigenvalue weighted by Crippen LogP contribution is 2.02. The summed E-state index contributed by atoms with van der Waals surface area (Å²) in [4.78, 5) is 0. The van der Waals surface area contributed by atoms with Crippen LogP contribution in [0.5, 0.6) is 0 Å². The summed E-state index contributed by atoms with van der Waals surface area (Å²) in [5.41, 5.74) is 5.47. The second kappa shape index (κ2) is 5.00. The van der Waals surface area contributed by atoms with Gasteiger partial charge in [-0.25, -0.2) is 8.42 Å². The summed E-state index contributed by atoms with van der Waals surface area (Å²) in [6, 6.07) is 0.152. The lowest BCUT2D eigenvalue weighted by Gasteiger charge is -2.02. The molecule has 0 aliphatic carbocycles. The van der Waals surface area contributed by atoms with E-state index in [1.54, 1.807) is 11.8 Å². The van der Waals surface area contributed by atoms with Crippen LogP contribution in [-0.4, -0.2) is 38.0 Å². The van der Waals surface area contributed by atoms with Gasteiger partial charge in [-0.15, -0.1) is 0 Å². The van der Waals surface area contributed by atoms with Gasteiger partial charge < -0.3 is 5.73 Å². The summed E-state index contributed by atoms with van der Waals surface area (Å²) in [5.74, 6) is 1.74. The summed E-state index contributed by atoms with van der Waals surface area (Å²) in [7, 11) is -2.78. The van der Waals surface area contributed by atoms with Crippen LogP contribution < -0.4 is 5.73 Å². The minimum atomic E-state index is -2.78. The average Bonchev–Trinajstić information content (AvgIpc) is 1.78. The third-order valence-electron chi connectivity index (χ3n) is 0.979. The molecule has 2 N–H and O–H groups in total. The van der Waals surface area contributed by atoms with Gasteiger partial charge in [0.2, 0.25) is 0 Å². The third-order valence-corrected chi connectivity index (χ3v) is 3.44. The van der Waals surface area contributed by atoms with Crippen LogP contribution in [0.1, 0.15) is 6.92 Å². The molecule has 0 rings (SSSR count). The number of hydrogen-bond donors (Lipinski definition) is 1. The van der Waals surface area contributed by atoms with Gasteiger partial charge in [-0.2, -0.15) is 11.8 Å². The number of hydrogen-bond acceptors (Lipinski definition) is 4. The summed E-state index contributed by atoms with van der Waals surface area (Å²) < 4.78 is 21.3. The molecule has 0 radical (unpaired) electrons. The summed E-state index contributed by atoms with van der Waals surface area (Å²) in [6.07, 6.45) is 1.25. The zero-order chi connectivity index (χ0) is 8.91. The van der Waals surface area contributed by atoms with Crippen LogP contribution in [0.25, 0.3) is 0 Å². The Morgan fingerprint density at radius 1 is 1.55 bits per heavy atom. The first-order chi connectivity index (χ1) is 4.92. The van der Waals surface area contributed by atoms with E-state index in [-0.39, 0.29) is 11.8 Å². The summed E-state index contributed by atoms with van der Waals surface area (Å²) in [6.45, 7) is 1.91. The lowest BCUT2D eigenvalue weighted by Crippen LogP contribution is -2.18. The maximum atomic E-state index is 10.6. The predicted molar refractivity (Wildman–Crippen MR) is 50.7 cm³/mol. The Hall–Kier alpha value is 0.260. The average molecular weight is 197 g/mol. The van der Waals surface area contributed by atoms with Crippen molar-refractivity contribution in [2.75, 3.05) is 23.5 Å². The highest BCUT2D eigenvalue weighted by Gasteiger charge is 2.01. The van der Waals surface area contributed by atoms with Gasteiger partial charge in [0.25, 0.3) is 0 Å². The molecule has 1 unspecified atom stereocenters. The molecule has 0 heterocycles. The van der Waals surface area contributed by atoms with Crippen LogP contribution in [0.2, 0.25) is 0 Å². The molecule has 0 aromatic rings. The minimum absolute atomic E-state index is 0.152. The molecule has 0 aliphatic rings. The Kier molecular flexibility index (Phi) is 5.12. The van der Waals surface area contributed by atoms with Gasteiger partial charge in [-0.3, -0.25) is 0 Å². The first-order valence-corrected chi connectivity index (χ1v) is 6.64. The smallest absolute Gasteiger partial charge is 0.148 e. The topological polar surface area (TPSA) is 60.2 Å². The van der Waals surface area contributed by atoms with E-state index in [0.717, 1.165) is 5.75 Å². The molecule has 1 atom stereocenters. The predicted octanol–water partition coefficient (Wildman–Crippen LogP) is 0.111.